The second kappa shape index (κ2) is 6.59. The Labute approximate surface area is 121 Å². The highest BCUT2D eigenvalue weighted by Gasteiger charge is 2.13. The predicted octanol–water partition coefficient (Wildman–Crippen LogP) is 3.01. The Balaban J connectivity index is 1.84. The Morgan fingerprint density at radius 1 is 1.32 bits per heavy atom. The quantitative estimate of drug-likeness (QED) is 0.863. The summed E-state index contributed by atoms with van der Waals surface area (Å²) < 4.78 is 1.95. The number of hydrogen-bond acceptors (Lipinski definition) is 2. The molecule has 0 aliphatic carbocycles. The zero-order valence-corrected chi connectivity index (χ0v) is 11.7. The summed E-state index contributed by atoms with van der Waals surface area (Å²) in [7, 11) is 0. The van der Waals surface area contributed by atoms with E-state index in [1.807, 2.05) is 10.8 Å². The van der Waals surface area contributed by atoms with Crippen LogP contribution >= 0.6 is 23.2 Å². The highest BCUT2D eigenvalue weighted by molar-refractivity contribution is 6.39. The third-order valence-electron chi connectivity index (χ3n) is 2.63. The first-order valence-corrected chi connectivity index (χ1v) is 6.62. The maximum absolute atomic E-state index is 11.9. The summed E-state index contributed by atoms with van der Waals surface area (Å²) in [6, 6.07) is 5.00. The van der Waals surface area contributed by atoms with Gasteiger partial charge in [0.1, 0.15) is 0 Å². The third kappa shape index (κ3) is 3.72. The number of rotatable bonds is 5. The summed E-state index contributed by atoms with van der Waals surface area (Å²) in [4.78, 5) is 15.9. The molecule has 2 aromatic rings. The Morgan fingerprint density at radius 3 is 2.68 bits per heavy atom. The minimum absolute atomic E-state index is 0.249. The van der Waals surface area contributed by atoms with Crippen LogP contribution in [0.25, 0.3) is 0 Å². The Kier molecular flexibility index (Phi) is 4.82. The van der Waals surface area contributed by atoms with Crippen LogP contribution < -0.4 is 5.32 Å². The van der Waals surface area contributed by atoms with Gasteiger partial charge in [0.05, 0.1) is 21.9 Å². The zero-order chi connectivity index (χ0) is 13.7. The van der Waals surface area contributed by atoms with Gasteiger partial charge in [0, 0.05) is 25.5 Å². The van der Waals surface area contributed by atoms with Crippen molar-refractivity contribution in [2.24, 2.45) is 0 Å². The number of benzene rings is 1. The lowest BCUT2D eigenvalue weighted by Crippen LogP contribution is -2.25. The SMILES string of the molecule is O=C(NCCCn1ccnc1)c1c(Cl)cccc1Cl. The smallest absolute Gasteiger partial charge is 0.254 e. The Hall–Kier alpha value is -1.52. The average molecular weight is 298 g/mol. The maximum Gasteiger partial charge on any atom is 0.254 e. The molecule has 0 bridgehead atoms. The van der Waals surface area contributed by atoms with Crippen LogP contribution in [-0.4, -0.2) is 22.0 Å². The lowest BCUT2D eigenvalue weighted by Gasteiger charge is -2.08. The van der Waals surface area contributed by atoms with Crippen molar-refractivity contribution in [1.29, 1.82) is 0 Å². The van der Waals surface area contributed by atoms with Gasteiger partial charge in [0.15, 0.2) is 0 Å². The molecule has 0 saturated carbocycles. The number of nitrogens with zero attached hydrogens (tertiary/aromatic N) is 2. The number of hydrogen-bond donors (Lipinski definition) is 1. The molecule has 1 aromatic heterocycles. The summed E-state index contributed by atoms with van der Waals surface area (Å²) in [5.74, 6) is -0.249. The number of carbonyl (C=O) groups excluding carboxylic acids is 1. The van der Waals surface area contributed by atoms with Crippen LogP contribution in [0, 0.1) is 0 Å². The fraction of sp³-hybridized carbons (Fsp3) is 0.231. The van der Waals surface area contributed by atoms with Crippen molar-refractivity contribution < 1.29 is 4.79 Å². The van der Waals surface area contributed by atoms with E-state index < -0.39 is 0 Å². The topological polar surface area (TPSA) is 46.9 Å². The number of amides is 1. The van der Waals surface area contributed by atoms with Crippen molar-refractivity contribution in [3.8, 4) is 0 Å². The molecule has 2 rings (SSSR count). The fourth-order valence-corrected chi connectivity index (χ4v) is 2.25. The molecule has 0 spiro atoms. The molecule has 1 aromatic carbocycles. The van der Waals surface area contributed by atoms with Crippen LogP contribution in [0.3, 0.4) is 0 Å². The van der Waals surface area contributed by atoms with Gasteiger partial charge in [-0.15, -0.1) is 0 Å². The number of carbonyl (C=O) groups is 1. The summed E-state index contributed by atoms with van der Waals surface area (Å²) in [6.07, 6.45) is 6.16. The van der Waals surface area contributed by atoms with E-state index in [0.29, 0.717) is 22.2 Å². The van der Waals surface area contributed by atoms with E-state index in [9.17, 15) is 4.79 Å². The van der Waals surface area contributed by atoms with E-state index in [1.54, 1.807) is 30.7 Å². The molecule has 0 radical (unpaired) electrons. The molecule has 0 saturated heterocycles. The van der Waals surface area contributed by atoms with Crippen LogP contribution in [0.4, 0.5) is 0 Å². The van der Waals surface area contributed by atoms with Gasteiger partial charge < -0.3 is 9.88 Å². The molecule has 0 unspecified atom stereocenters. The van der Waals surface area contributed by atoms with Crippen molar-refractivity contribution in [2.75, 3.05) is 6.54 Å². The predicted molar refractivity (Wildman–Crippen MR) is 75.6 cm³/mol. The first kappa shape index (κ1) is 13.9. The van der Waals surface area contributed by atoms with E-state index in [2.05, 4.69) is 10.3 Å². The molecule has 0 aliphatic heterocycles. The normalized spacial score (nSPS) is 10.4. The zero-order valence-electron chi connectivity index (χ0n) is 10.1. The molecular weight excluding hydrogens is 285 g/mol. The van der Waals surface area contributed by atoms with Gasteiger partial charge in [0.2, 0.25) is 0 Å². The lowest BCUT2D eigenvalue weighted by atomic mass is 10.2. The number of imidazole rings is 1. The average Bonchev–Trinajstić information content (AvgIpc) is 2.87. The first-order chi connectivity index (χ1) is 9.18. The van der Waals surface area contributed by atoms with E-state index in [4.69, 9.17) is 23.2 Å². The van der Waals surface area contributed by atoms with Crippen molar-refractivity contribution in [2.45, 2.75) is 13.0 Å². The van der Waals surface area contributed by atoms with Gasteiger partial charge in [0.25, 0.3) is 5.91 Å². The van der Waals surface area contributed by atoms with Gasteiger partial charge >= 0.3 is 0 Å². The van der Waals surface area contributed by atoms with Crippen molar-refractivity contribution >= 4 is 29.1 Å². The highest BCUT2D eigenvalue weighted by atomic mass is 35.5. The number of aryl methyl sites for hydroxylation is 1. The molecule has 6 heteroatoms. The summed E-state index contributed by atoms with van der Waals surface area (Å²) in [6.45, 7) is 1.36. The largest absolute Gasteiger partial charge is 0.352 e. The molecule has 0 atom stereocenters. The van der Waals surface area contributed by atoms with Crippen LogP contribution in [0.5, 0.6) is 0 Å². The van der Waals surface area contributed by atoms with E-state index in [1.165, 1.54) is 0 Å². The fourth-order valence-electron chi connectivity index (χ4n) is 1.69. The lowest BCUT2D eigenvalue weighted by molar-refractivity contribution is 0.0953. The molecule has 100 valence electrons. The standard InChI is InChI=1S/C13H13Cl2N3O/c14-10-3-1-4-11(15)12(10)13(19)17-5-2-7-18-8-6-16-9-18/h1,3-4,6,8-9H,2,5,7H2,(H,17,19). The van der Waals surface area contributed by atoms with Gasteiger partial charge in [-0.25, -0.2) is 4.98 Å². The minimum Gasteiger partial charge on any atom is -0.352 e. The molecule has 1 amide bonds. The van der Waals surface area contributed by atoms with Crippen molar-refractivity contribution in [3.63, 3.8) is 0 Å². The summed E-state index contributed by atoms with van der Waals surface area (Å²) in [5, 5.41) is 3.52. The molecule has 4 nitrogen and oxygen atoms in total. The second-order valence-electron chi connectivity index (χ2n) is 4.01. The molecule has 0 aliphatic rings. The van der Waals surface area contributed by atoms with Gasteiger partial charge in [-0.2, -0.15) is 0 Å². The summed E-state index contributed by atoms with van der Waals surface area (Å²) >= 11 is 11.9. The van der Waals surface area contributed by atoms with E-state index in [-0.39, 0.29) is 5.91 Å². The monoisotopic (exact) mass is 297 g/mol. The number of halogens is 2. The van der Waals surface area contributed by atoms with Gasteiger partial charge in [-0.1, -0.05) is 29.3 Å². The highest BCUT2D eigenvalue weighted by Crippen LogP contribution is 2.23. The minimum atomic E-state index is -0.249. The van der Waals surface area contributed by atoms with Crippen molar-refractivity contribution in [3.05, 3.63) is 52.5 Å². The Morgan fingerprint density at radius 2 is 2.05 bits per heavy atom. The maximum atomic E-state index is 11.9. The van der Waals surface area contributed by atoms with E-state index >= 15 is 0 Å². The van der Waals surface area contributed by atoms with Crippen LogP contribution in [0.1, 0.15) is 16.8 Å². The Bertz CT molecular complexity index is 535. The van der Waals surface area contributed by atoms with E-state index in [0.717, 1.165) is 13.0 Å². The molecule has 19 heavy (non-hydrogen) atoms. The molecule has 0 fully saturated rings. The number of nitrogens with one attached hydrogen (secondary N) is 1. The first-order valence-electron chi connectivity index (χ1n) is 5.86. The van der Waals surface area contributed by atoms with Crippen LogP contribution in [-0.2, 0) is 6.54 Å². The van der Waals surface area contributed by atoms with Crippen molar-refractivity contribution in [1.82, 2.24) is 14.9 Å². The molecule has 1 heterocycles. The molecular formula is C13H13Cl2N3O. The molecule has 1 N–H and O–H groups in total. The summed E-state index contributed by atoms with van der Waals surface area (Å²) in [5.41, 5.74) is 0.327. The second-order valence-corrected chi connectivity index (χ2v) is 4.82. The van der Waals surface area contributed by atoms with Gasteiger partial charge in [-0.3, -0.25) is 4.79 Å². The van der Waals surface area contributed by atoms with Crippen LogP contribution in [0.2, 0.25) is 10.0 Å². The third-order valence-corrected chi connectivity index (χ3v) is 3.26. The van der Waals surface area contributed by atoms with Crippen LogP contribution in [0.15, 0.2) is 36.9 Å². The number of aromatic nitrogens is 2. The van der Waals surface area contributed by atoms with Gasteiger partial charge in [-0.05, 0) is 18.6 Å².